The first-order valence-electron chi connectivity index (χ1n) is 11.3. The van der Waals surface area contributed by atoms with E-state index in [-0.39, 0.29) is 17.4 Å². The molecule has 2 aromatic carbocycles. The fourth-order valence-corrected chi connectivity index (χ4v) is 4.75. The summed E-state index contributed by atoms with van der Waals surface area (Å²) in [5.41, 5.74) is 4.83. The van der Waals surface area contributed by atoms with Gasteiger partial charge in [-0.05, 0) is 65.8 Å². The third kappa shape index (κ3) is 4.04. The number of rotatable bonds is 4. The summed E-state index contributed by atoms with van der Waals surface area (Å²) in [5.74, 6) is 1.47. The molecule has 4 heteroatoms. The Morgan fingerprint density at radius 2 is 1.81 bits per heavy atom. The van der Waals surface area contributed by atoms with Crippen molar-refractivity contribution < 1.29 is 9.53 Å². The molecule has 1 aromatic heterocycles. The second-order valence-electron chi connectivity index (χ2n) is 9.78. The maximum atomic E-state index is 12.6. The van der Waals surface area contributed by atoms with Crippen molar-refractivity contribution >= 4 is 16.8 Å². The Morgan fingerprint density at radius 3 is 2.48 bits per heavy atom. The van der Waals surface area contributed by atoms with Gasteiger partial charge in [-0.3, -0.25) is 9.78 Å². The van der Waals surface area contributed by atoms with E-state index in [0.717, 1.165) is 43.6 Å². The number of piperidine rings is 1. The first kappa shape index (κ1) is 20.0. The molecule has 1 saturated heterocycles. The number of hydrogen-bond acceptors (Lipinski definition) is 3. The smallest absolute Gasteiger partial charge is 0.226 e. The molecule has 0 spiro atoms. The Hall–Kier alpha value is -2.88. The molecule has 2 fully saturated rings. The number of hydrogen-bond donors (Lipinski definition) is 0. The lowest BCUT2D eigenvalue weighted by Gasteiger charge is -2.32. The minimum Gasteiger partial charge on any atom is -0.490 e. The number of aryl methyl sites for hydroxylation is 1. The molecule has 5 rings (SSSR count). The standard InChI is InChI=1S/C27H30N2O2/c1-18-15-20-5-4-12-28-25(20)16-23(18)19-6-8-21(9-7-19)31-22-10-13-29(14-11-22)26(30)24-17-27(24,2)3/h4-9,12,15-16,22,24H,10-11,13-14,17H2,1-3H3/t24-/m1/s1. The zero-order chi connectivity index (χ0) is 21.6. The van der Waals surface area contributed by atoms with Gasteiger partial charge in [-0.1, -0.05) is 32.0 Å². The van der Waals surface area contributed by atoms with Gasteiger partial charge in [0.05, 0.1) is 5.52 Å². The van der Waals surface area contributed by atoms with Crippen LogP contribution in [0.5, 0.6) is 5.75 Å². The van der Waals surface area contributed by atoms with Crippen molar-refractivity contribution in [3.8, 4) is 16.9 Å². The second-order valence-corrected chi connectivity index (χ2v) is 9.78. The van der Waals surface area contributed by atoms with Crippen LogP contribution in [0.4, 0.5) is 0 Å². The third-order valence-electron chi connectivity index (χ3n) is 6.98. The summed E-state index contributed by atoms with van der Waals surface area (Å²) >= 11 is 0. The summed E-state index contributed by atoms with van der Waals surface area (Å²) in [6.45, 7) is 8.12. The van der Waals surface area contributed by atoms with E-state index in [4.69, 9.17) is 4.74 Å². The molecule has 0 N–H and O–H groups in total. The SMILES string of the molecule is Cc1cc2cccnc2cc1-c1ccc(OC2CCN(C(=O)[C@H]3CC3(C)C)CC2)cc1. The third-order valence-corrected chi connectivity index (χ3v) is 6.98. The number of ether oxygens (including phenoxy) is 1. The number of carbonyl (C=O) groups excluding carboxylic acids is 1. The molecule has 1 aliphatic carbocycles. The predicted molar refractivity (Wildman–Crippen MR) is 124 cm³/mol. The molecule has 0 unspecified atom stereocenters. The number of nitrogens with zero attached hydrogens (tertiary/aromatic N) is 2. The van der Waals surface area contributed by atoms with Crippen molar-refractivity contribution in [1.82, 2.24) is 9.88 Å². The van der Waals surface area contributed by atoms with Crippen molar-refractivity contribution in [1.29, 1.82) is 0 Å². The molecule has 1 aliphatic heterocycles. The van der Waals surface area contributed by atoms with Gasteiger partial charge in [0.15, 0.2) is 0 Å². The first-order chi connectivity index (χ1) is 14.9. The molecule has 160 valence electrons. The molecule has 4 nitrogen and oxygen atoms in total. The molecule has 0 radical (unpaired) electrons. The summed E-state index contributed by atoms with van der Waals surface area (Å²) in [4.78, 5) is 19.1. The average Bonchev–Trinajstić information content (AvgIpc) is 3.42. The topological polar surface area (TPSA) is 42.4 Å². The highest BCUT2D eigenvalue weighted by molar-refractivity contribution is 5.86. The van der Waals surface area contributed by atoms with E-state index in [2.05, 4.69) is 68.2 Å². The van der Waals surface area contributed by atoms with E-state index in [0.29, 0.717) is 5.91 Å². The Bertz CT molecular complexity index is 1110. The zero-order valence-corrected chi connectivity index (χ0v) is 18.6. The first-order valence-corrected chi connectivity index (χ1v) is 11.3. The fourth-order valence-electron chi connectivity index (χ4n) is 4.75. The van der Waals surface area contributed by atoms with Crippen molar-refractivity contribution in [2.45, 2.75) is 46.1 Å². The number of likely N-dealkylation sites (tertiary alicyclic amines) is 1. The van der Waals surface area contributed by atoms with Crippen LogP contribution in [0.2, 0.25) is 0 Å². The van der Waals surface area contributed by atoms with Gasteiger partial charge >= 0.3 is 0 Å². The molecule has 1 amide bonds. The van der Waals surface area contributed by atoms with Crippen molar-refractivity contribution in [2.24, 2.45) is 11.3 Å². The molecular weight excluding hydrogens is 384 g/mol. The van der Waals surface area contributed by atoms with Crippen LogP contribution in [0.1, 0.15) is 38.7 Å². The van der Waals surface area contributed by atoms with E-state index in [1.54, 1.807) is 0 Å². The van der Waals surface area contributed by atoms with E-state index in [1.165, 1.54) is 22.1 Å². The number of amides is 1. The van der Waals surface area contributed by atoms with Gasteiger partial charge < -0.3 is 9.64 Å². The number of aromatic nitrogens is 1. The van der Waals surface area contributed by atoms with Crippen molar-refractivity contribution in [3.05, 3.63) is 60.3 Å². The Labute approximate surface area is 184 Å². The average molecular weight is 415 g/mol. The van der Waals surface area contributed by atoms with Crippen molar-refractivity contribution in [3.63, 3.8) is 0 Å². The highest BCUT2D eigenvalue weighted by atomic mass is 16.5. The number of benzene rings is 2. The normalized spacial score (nSPS) is 20.6. The molecule has 2 aliphatic rings. The van der Waals surface area contributed by atoms with E-state index in [9.17, 15) is 4.79 Å². The van der Waals surface area contributed by atoms with Crippen LogP contribution in [0.25, 0.3) is 22.0 Å². The minimum absolute atomic E-state index is 0.175. The number of carbonyl (C=O) groups is 1. The lowest BCUT2D eigenvalue weighted by molar-refractivity contribution is -0.135. The van der Waals surface area contributed by atoms with Gasteiger partial charge in [0.25, 0.3) is 0 Å². The van der Waals surface area contributed by atoms with Crippen LogP contribution in [0.3, 0.4) is 0 Å². The molecule has 2 heterocycles. The largest absolute Gasteiger partial charge is 0.490 e. The summed E-state index contributed by atoms with van der Waals surface area (Å²) in [6.07, 6.45) is 4.84. The summed E-state index contributed by atoms with van der Waals surface area (Å²) in [6, 6.07) is 16.8. The van der Waals surface area contributed by atoms with Crippen LogP contribution < -0.4 is 4.74 Å². The van der Waals surface area contributed by atoms with Gasteiger partial charge in [-0.2, -0.15) is 0 Å². The van der Waals surface area contributed by atoms with E-state index >= 15 is 0 Å². The Balaban J connectivity index is 1.22. The molecular formula is C27H30N2O2. The van der Waals surface area contributed by atoms with Gasteiger partial charge in [-0.25, -0.2) is 0 Å². The van der Waals surface area contributed by atoms with E-state index < -0.39 is 0 Å². The minimum atomic E-state index is 0.175. The van der Waals surface area contributed by atoms with Crippen LogP contribution >= 0.6 is 0 Å². The molecule has 0 bridgehead atoms. The molecule has 1 atom stereocenters. The lowest BCUT2D eigenvalue weighted by atomic mass is 9.98. The summed E-state index contributed by atoms with van der Waals surface area (Å²) < 4.78 is 6.24. The molecule has 31 heavy (non-hydrogen) atoms. The lowest BCUT2D eigenvalue weighted by Crippen LogP contribution is -2.42. The number of fused-ring (bicyclic) bond motifs is 1. The van der Waals surface area contributed by atoms with Crippen LogP contribution in [0.15, 0.2) is 54.7 Å². The zero-order valence-electron chi connectivity index (χ0n) is 18.6. The maximum absolute atomic E-state index is 12.6. The second kappa shape index (κ2) is 7.67. The highest BCUT2D eigenvalue weighted by Gasteiger charge is 2.52. The van der Waals surface area contributed by atoms with Crippen LogP contribution in [-0.4, -0.2) is 35.0 Å². The monoisotopic (exact) mass is 414 g/mol. The van der Waals surface area contributed by atoms with Gasteiger partial charge in [0.1, 0.15) is 11.9 Å². The molecule has 1 saturated carbocycles. The Morgan fingerprint density at radius 1 is 1.10 bits per heavy atom. The van der Waals surface area contributed by atoms with Gasteiger partial charge in [0.2, 0.25) is 5.91 Å². The highest BCUT2D eigenvalue weighted by Crippen LogP contribution is 2.52. The number of pyridine rings is 1. The van der Waals surface area contributed by atoms with Crippen LogP contribution in [0, 0.1) is 18.3 Å². The van der Waals surface area contributed by atoms with Gasteiger partial charge in [0, 0.05) is 43.4 Å². The predicted octanol–water partition coefficient (Wildman–Crippen LogP) is 5.63. The fraction of sp³-hybridized carbons (Fsp3) is 0.407. The van der Waals surface area contributed by atoms with E-state index in [1.807, 2.05) is 17.2 Å². The van der Waals surface area contributed by atoms with Crippen molar-refractivity contribution in [2.75, 3.05) is 13.1 Å². The summed E-state index contributed by atoms with van der Waals surface area (Å²) in [5, 5.41) is 1.17. The summed E-state index contributed by atoms with van der Waals surface area (Å²) in [7, 11) is 0. The van der Waals surface area contributed by atoms with Crippen LogP contribution in [-0.2, 0) is 4.79 Å². The Kier molecular flexibility index (Phi) is 4.96. The quantitative estimate of drug-likeness (QED) is 0.556. The van der Waals surface area contributed by atoms with Gasteiger partial charge in [-0.15, -0.1) is 0 Å². The maximum Gasteiger partial charge on any atom is 0.226 e. The molecule has 3 aromatic rings.